The van der Waals surface area contributed by atoms with Crippen LogP contribution in [0.5, 0.6) is 0 Å². The Bertz CT molecular complexity index is 463. The summed E-state index contributed by atoms with van der Waals surface area (Å²) in [6.07, 6.45) is 3.49. The average molecular weight is 306 g/mol. The van der Waals surface area contributed by atoms with E-state index in [1.165, 1.54) is 0 Å². The highest BCUT2D eigenvalue weighted by molar-refractivity contribution is 5.68. The van der Waals surface area contributed by atoms with Gasteiger partial charge in [-0.25, -0.2) is 4.79 Å². The minimum absolute atomic E-state index is 0.208. The molecule has 2 rings (SSSR count). The van der Waals surface area contributed by atoms with E-state index in [1.54, 1.807) is 11.1 Å². The van der Waals surface area contributed by atoms with Crippen molar-refractivity contribution in [3.05, 3.63) is 30.1 Å². The van der Waals surface area contributed by atoms with Gasteiger partial charge in [0.25, 0.3) is 0 Å². The highest BCUT2D eigenvalue weighted by atomic mass is 16.6. The fourth-order valence-corrected chi connectivity index (χ4v) is 2.42. The van der Waals surface area contributed by atoms with Crippen LogP contribution in [0.4, 0.5) is 4.79 Å². The Morgan fingerprint density at radius 1 is 1.32 bits per heavy atom. The second-order valence-electron chi connectivity index (χ2n) is 6.75. The fraction of sp³-hybridized carbons (Fsp3) is 0.647. The lowest BCUT2D eigenvalue weighted by Gasteiger charge is -2.33. The molecule has 0 N–H and O–H groups in total. The molecule has 1 fully saturated rings. The lowest BCUT2D eigenvalue weighted by molar-refractivity contribution is 0.0103. The van der Waals surface area contributed by atoms with E-state index in [4.69, 9.17) is 9.47 Å². The number of hydrogen-bond acceptors (Lipinski definition) is 4. The number of nitrogens with zero attached hydrogens (tertiary/aromatic N) is 2. The van der Waals surface area contributed by atoms with Gasteiger partial charge in [-0.15, -0.1) is 0 Å². The SMILES string of the molecule is CC(C)(C)OC(=O)N1CCC(COCc2ccccn2)CC1. The maximum atomic E-state index is 12.0. The second-order valence-corrected chi connectivity index (χ2v) is 6.75. The van der Waals surface area contributed by atoms with Crippen LogP contribution < -0.4 is 0 Å². The molecule has 0 aliphatic carbocycles. The average Bonchev–Trinajstić information content (AvgIpc) is 2.47. The van der Waals surface area contributed by atoms with Crippen LogP contribution in [-0.2, 0) is 16.1 Å². The minimum atomic E-state index is -0.431. The number of amides is 1. The standard InChI is InChI=1S/C17H26N2O3/c1-17(2,3)22-16(20)19-10-7-14(8-11-19)12-21-13-15-6-4-5-9-18-15/h4-6,9,14H,7-8,10-13H2,1-3H3. The van der Waals surface area contributed by atoms with E-state index < -0.39 is 5.60 Å². The molecule has 0 aromatic carbocycles. The molecule has 0 unspecified atom stereocenters. The van der Waals surface area contributed by atoms with Gasteiger partial charge in [-0.2, -0.15) is 0 Å². The molecule has 122 valence electrons. The van der Waals surface area contributed by atoms with Gasteiger partial charge in [0.05, 0.1) is 18.9 Å². The lowest BCUT2D eigenvalue weighted by Crippen LogP contribution is -2.42. The van der Waals surface area contributed by atoms with Crippen LogP contribution in [0.2, 0.25) is 0 Å². The van der Waals surface area contributed by atoms with Crippen LogP contribution in [0.1, 0.15) is 39.3 Å². The van der Waals surface area contributed by atoms with E-state index in [1.807, 2.05) is 39.0 Å². The Balaban J connectivity index is 1.66. The Kier molecular flexibility index (Phi) is 5.77. The van der Waals surface area contributed by atoms with Crippen LogP contribution in [-0.4, -0.2) is 41.3 Å². The van der Waals surface area contributed by atoms with Gasteiger partial charge in [0.2, 0.25) is 0 Å². The van der Waals surface area contributed by atoms with Crippen molar-refractivity contribution >= 4 is 6.09 Å². The molecule has 22 heavy (non-hydrogen) atoms. The Labute approximate surface area is 132 Å². The zero-order chi connectivity index (χ0) is 16.0. The van der Waals surface area contributed by atoms with E-state index >= 15 is 0 Å². The first kappa shape index (κ1) is 16.7. The summed E-state index contributed by atoms with van der Waals surface area (Å²) in [5.74, 6) is 0.502. The molecule has 1 aliphatic heterocycles. The lowest BCUT2D eigenvalue weighted by atomic mass is 9.98. The summed E-state index contributed by atoms with van der Waals surface area (Å²) >= 11 is 0. The molecular formula is C17H26N2O3. The Hall–Kier alpha value is -1.62. The van der Waals surface area contributed by atoms with Crippen LogP contribution >= 0.6 is 0 Å². The van der Waals surface area contributed by atoms with Crippen molar-refractivity contribution in [2.45, 2.75) is 45.8 Å². The number of ether oxygens (including phenoxy) is 2. The number of pyridine rings is 1. The monoisotopic (exact) mass is 306 g/mol. The zero-order valence-electron chi connectivity index (χ0n) is 13.7. The molecule has 1 aliphatic rings. The quantitative estimate of drug-likeness (QED) is 0.857. The summed E-state index contributed by atoms with van der Waals surface area (Å²) in [7, 11) is 0. The third kappa shape index (κ3) is 5.64. The highest BCUT2D eigenvalue weighted by Crippen LogP contribution is 2.20. The van der Waals surface area contributed by atoms with Crippen LogP contribution in [0.25, 0.3) is 0 Å². The zero-order valence-corrected chi connectivity index (χ0v) is 13.7. The molecule has 1 aromatic heterocycles. The molecular weight excluding hydrogens is 280 g/mol. The third-order valence-electron chi connectivity index (χ3n) is 3.60. The van der Waals surface area contributed by atoms with Crippen molar-refractivity contribution in [3.63, 3.8) is 0 Å². The Morgan fingerprint density at radius 3 is 2.64 bits per heavy atom. The minimum Gasteiger partial charge on any atom is -0.444 e. The van der Waals surface area contributed by atoms with Crippen LogP contribution in [0.15, 0.2) is 24.4 Å². The maximum Gasteiger partial charge on any atom is 0.410 e. The number of aromatic nitrogens is 1. The third-order valence-corrected chi connectivity index (χ3v) is 3.60. The molecule has 1 aromatic rings. The van der Waals surface area contributed by atoms with Crippen LogP contribution in [0, 0.1) is 5.92 Å². The van der Waals surface area contributed by atoms with E-state index in [0.717, 1.165) is 38.2 Å². The van der Waals surface area contributed by atoms with Gasteiger partial charge >= 0.3 is 6.09 Å². The van der Waals surface area contributed by atoms with Crippen molar-refractivity contribution < 1.29 is 14.3 Å². The van der Waals surface area contributed by atoms with Crippen molar-refractivity contribution in [1.29, 1.82) is 0 Å². The molecule has 0 atom stereocenters. The molecule has 2 heterocycles. The van der Waals surface area contributed by atoms with Gasteiger partial charge in [0, 0.05) is 19.3 Å². The summed E-state index contributed by atoms with van der Waals surface area (Å²) in [4.78, 5) is 18.0. The number of carbonyl (C=O) groups is 1. The van der Waals surface area contributed by atoms with Gasteiger partial charge in [0.1, 0.15) is 5.60 Å². The van der Waals surface area contributed by atoms with Gasteiger partial charge in [-0.05, 0) is 51.7 Å². The second kappa shape index (κ2) is 7.58. The number of rotatable bonds is 4. The normalized spacial score (nSPS) is 16.6. The first-order chi connectivity index (χ1) is 10.4. The van der Waals surface area contributed by atoms with E-state index in [2.05, 4.69) is 4.98 Å². The summed E-state index contributed by atoms with van der Waals surface area (Å²) in [5, 5.41) is 0. The first-order valence-electron chi connectivity index (χ1n) is 7.89. The van der Waals surface area contributed by atoms with Crippen LogP contribution in [0.3, 0.4) is 0 Å². The topological polar surface area (TPSA) is 51.7 Å². The van der Waals surface area contributed by atoms with Crippen molar-refractivity contribution in [3.8, 4) is 0 Å². The predicted molar refractivity (Wildman–Crippen MR) is 84.4 cm³/mol. The summed E-state index contributed by atoms with van der Waals surface area (Å²) in [6.45, 7) is 8.43. The van der Waals surface area contributed by atoms with Gasteiger partial charge in [-0.1, -0.05) is 6.07 Å². The molecule has 0 saturated carbocycles. The predicted octanol–water partition coefficient (Wildman–Crippen LogP) is 3.25. The van der Waals surface area contributed by atoms with Crippen molar-refractivity contribution in [1.82, 2.24) is 9.88 Å². The molecule has 5 nitrogen and oxygen atoms in total. The number of carbonyl (C=O) groups excluding carboxylic acids is 1. The number of likely N-dealkylation sites (tertiary alicyclic amines) is 1. The van der Waals surface area contributed by atoms with E-state index in [0.29, 0.717) is 12.5 Å². The first-order valence-corrected chi connectivity index (χ1v) is 7.89. The van der Waals surface area contributed by atoms with Crippen molar-refractivity contribution in [2.75, 3.05) is 19.7 Å². The molecule has 1 amide bonds. The largest absolute Gasteiger partial charge is 0.444 e. The van der Waals surface area contributed by atoms with Crippen molar-refractivity contribution in [2.24, 2.45) is 5.92 Å². The molecule has 0 radical (unpaired) electrons. The number of piperidine rings is 1. The molecule has 0 spiro atoms. The molecule has 5 heteroatoms. The smallest absolute Gasteiger partial charge is 0.410 e. The summed E-state index contributed by atoms with van der Waals surface area (Å²) in [6, 6.07) is 5.83. The molecule has 1 saturated heterocycles. The van der Waals surface area contributed by atoms with Gasteiger partial charge < -0.3 is 14.4 Å². The van der Waals surface area contributed by atoms with Gasteiger partial charge in [-0.3, -0.25) is 4.98 Å². The highest BCUT2D eigenvalue weighted by Gasteiger charge is 2.26. The summed E-state index contributed by atoms with van der Waals surface area (Å²) < 4.78 is 11.1. The molecule has 0 bridgehead atoms. The van der Waals surface area contributed by atoms with E-state index in [9.17, 15) is 4.79 Å². The maximum absolute atomic E-state index is 12.0. The summed E-state index contributed by atoms with van der Waals surface area (Å²) in [5.41, 5.74) is 0.522. The fourth-order valence-electron chi connectivity index (χ4n) is 2.42. The number of hydrogen-bond donors (Lipinski definition) is 0. The Morgan fingerprint density at radius 2 is 2.05 bits per heavy atom. The van der Waals surface area contributed by atoms with Gasteiger partial charge in [0.15, 0.2) is 0 Å². The van der Waals surface area contributed by atoms with E-state index in [-0.39, 0.29) is 6.09 Å².